The lowest BCUT2D eigenvalue weighted by Crippen LogP contribution is -2.50. The van der Waals surface area contributed by atoms with E-state index in [0.717, 1.165) is 36.7 Å². The second kappa shape index (κ2) is 10.8. The van der Waals surface area contributed by atoms with Crippen LogP contribution in [0.2, 0.25) is 0 Å². The molecular formula is C20H29FIN5O. The van der Waals surface area contributed by atoms with Crippen LogP contribution in [0.25, 0.3) is 0 Å². The van der Waals surface area contributed by atoms with E-state index in [1.54, 1.807) is 12.1 Å². The number of aromatic nitrogens is 2. The van der Waals surface area contributed by atoms with E-state index >= 15 is 0 Å². The zero-order valence-corrected chi connectivity index (χ0v) is 19.0. The molecule has 154 valence electrons. The maximum absolute atomic E-state index is 13.2. The molecular weight excluding hydrogens is 472 g/mol. The van der Waals surface area contributed by atoms with Crippen LogP contribution in [-0.2, 0) is 11.3 Å². The lowest BCUT2D eigenvalue weighted by Gasteiger charge is -2.38. The molecule has 0 radical (unpaired) electrons. The SMILES string of the molecule is CCNC(=NCCn1cc(C)cn1)N1CC(C)OC(c2ccc(F)cc2)C1.I. The topological polar surface area (TPSA) is 54.7 Å². The number of hydrogen-bond donors (Lipinski definition) is 1. The molecule has 6 nitrogen and oxygen atoms in total. The molecule has 2 atom stereocenters. The third-order valence-electron chi connectivity index (χ3n) is 4.49. The summed E-state index contributed by atoms with van der Waals surface area (Å²) in [5.74, 6) is 0.645. The van der Waals surface area contributed by atoms with Gasteiger partial charge >= 0.3 is 0 Å². The van der Waals surface area contributed by atoms with Crippen LogP contribution >= 0.6 is 24.0 Å². The number of benzene rings is 1. The molecule has 0 aliphatic carbocycles. The van der Waals surface area contributed by atoms with Gasteiger partial charge < -0.3 is 15.0 Å². The summed E-state index contributed by atoms with van der Waals surface area (Å²) >= 11 is 0. The quantitative estimate of drug-likeness (QED) is 0.388. The Kier molecular flexibility index (Phi) is 8.68. The van der Waals surface area contributed by atoms with Crippen molar-refractivity contribution in [3.8, 4) is 0 Å². The lowest BCUT2D eigenvalue weighted by molar-refractivity contribution is -0.0605. The van der Waals surface area contributed by atoms with Gasteiger partial charge in [0.1, 0.15) is 11.9 Å². The molecule has 1 fully saturated rings. The van der Waals surface area contributed by atoms with Gasteiger partial charge in [0.2, 0.25) is 0 Å². The zero-order valence-electron chi connectivity index (χ0n) is 16.6. The molecule has 2 heterocycles. The van der Waals surface area contributed by atoms with Gasteiger partial charge in [-0.15, -0.1) is 24.0 Å². The van der Waals surface area contributed by atoms with E-state index in [2.05, 4.69) is 29.2 Å². The molecule has 1 aromatic carbocycles. The molecule has 2 aromatic rings. The van der Waals surface area contributed by atoms with Gasteiger partial charge in [-0.25, -0.2) is 4.39 Å². The van der Waals surface area contributed by atoms with Gasteiger partial charge in [-0.3, -0.25) is 9.67 Å². The summed E-state index contributed by atoms with van der Waals surface area (Å²) in [4.78, 5) is 7.00. The largest absolute Gasteiger partial charge is 0.367 e. The van der Waals surface area contributed by atoms with E-state index in [-0.39, 0.29) is 42.0 Å². The summed E-state index contributed by atoms with van der Waals surface area (Å²) in [6, 6.07) is 6.54. The minimum atomic E-state index is -0.233. The molecule has 1 aromatic heterocycles. The minimum Gasteiger partial charge on any atom is -0.367 e. The van der Waals surface area contributed by atoms with Gasteiger partial charge in [-0.2, -0.15) is 5.10 Å². The van der Waals surface area contributed by atoms with Crippen molar-refractivity contribution in [2.75, 3.05) is 26.2 Å². The first-order valence-electron chi connectivity index (χ1n) is 9.48. The maximum atomic E-state index is 13.2. The van der Waals surface area contributed by atoms with Crippen molar-refractivity contribution in [1.29, 1.82) is 0 Å². The first-order chi connectivity index (χ1) is 13.0. The molecule has 0 amide bonds. The summed E-state index contributed by atoms with van der Waals surface area (Å²) in [6.07, 6.45) is 3.83. The summed E-state index contributed by atoms with van der Waals surface area (Å²) in [5.41, 5.74) is 2.13. The van der Waals surface area contributed by atoms with Crippen LogP contribution in [0.3, 0.4) is 0 Å². The van der Waals surface area contributed by atoms with Gasteiger partial charge in [0.05, 0.1) is 31.9 Å². The Bertz CT molecular complexity index is 764. The highest BCUT2D eigenvalue weighted by Gasteiger charge is 2.28. The number of nitrogens with one attached hydrogen (secondary N) is 1. The molecule has 1 aliphatic heterocycles. The molecule has 8 heteroatoms. The summed E-state index contributed by atoms with van der Waals surface area (Å²) < 4.78 is 21.2. The Morgan fingerprint density at radius 1 is 1.32 bits per heavy atom. The zero-order chi connectivity index (χ0) is 19.2. The Morgan fingerprint density at radius 3 is 2.71 bits per heavy atom. The van der Waals surface area contributed by atoms with Crippen LogP contribution < -0.4 is 5.32 Å². The molecule has 0 saturated carbocycles. The molecule has 2 unspecified atom stereocenters. The Morgan fingerprint density at radius 2 is 2.07 bits per heavy atom. The smallest absolute Gasteiger partial charge is 0.194 e. The summed E-state index contributed by atoms with van der Waals surface area (Å²) in [5, 5.41) is 7.68. The van der Waals surface area contributed by atoms with Crippen molar-refractivity contribution >= 4 is 29.9 Å². The van der Waals surface area contributed by atoms with Crippen LogP contribution in [0.4, 0.5) is 4.39 Å². The molecule has 1 saturated heterocycles. The highest BCUT2D eigenvalue weighted by atomic mass is 127. The number of nitrogens with zero attached hydrogens (tertiary/aromatic N) is 4. The van der Waals surface area contributed by atoms with Crippen LogP contribution in [0, 0.1) is 12.7 Å². The van der Waals surface area contributed by atoms with E-state index in [1.807, 2.05) is 24.0 Å². The fraction of sp³-hybridized carbons (Fsp3) is 0.500. The minimum absolute atomic E-state index is 0. The molecule has 3 rings (SSSR count). The van der Waals surface area contributed by atoms with Crippen molar-refractivity contribution in [1.82, 2.24) is 20.0 Å². The van der Waals surface area contributed by atoms with Crippen LogP contribution in [0.1, 0.15) is 31.1 Å². The van der Waals surface area contributed by atoms with Crippen molar-refractivity contribution < 1.29 is 9.13 Å². The third-order valence-corrected chi connectivity index (χ3v) is 4.49. The highest BCUT2D eigenvalue weighted by Crippen LogP contribution is 2.25. The van der Waals surface area contributed by atoms with Crippen molar-refractivity contribution in [2.24, 2.45) is 4.99 Å². The molecule has 28 heavy (non-hydrogen) atoms. The number of aryl methyl sites for hydroxylation is 1. The van der Waals surface area contributed by atoms with E-state index in [4.69, 9.17) is 9.73 Å². The number of hydrogen-bond acceptors (Lipinski definition) is 3. The number of rotatable bonds is 5. The van der Waals surface area contributed by atoms with Crippen molar-refractivity contribution in [3.63, 3.8) is 0 Å². The van der Waals surface area contributed by atoms with Crippen LogP contribution in [0.5, 0.6) is 0 Å². The number of morpholine rings is 1. The summed E-state index contributed by atoms with van der Waals surface area (Å²) in [6.45, 7) is 9.79. The predicted octanol–water partition coefficient (Wildman–Crippen LogP) is 3.38. The van der Waals surface area contributed by atoms with Gasteiger partial charge in [-0.1, -0.05) is 12.1 Å². The molecule has 0 bridgehead atoms. The Labute approximate surface area is 183 Å². The molecule has 1 aliphatic rings. The summed E-state index contributed by atoms with van der Waals surface area (Å²) in [7, 11) is 0. The van der Waals surface area contributed by atoms with Crippen LogP contribution in [-0.4, -0.2) is 52.9 Å². The lowest BCUT2D eigenvalue weighted by atomic mass is 10.1. The normalized spacial score (nSPS) is 20.0. The van der Waals surface area contributed by atoms with E-state index in [1.165, 1.54) is 12.1 Å². The molecule has 1 N–H and O–H groups in total. The van der Waals surface area contributed by atoms with E-state index in [0.29, 0.717) is 13.1 Å². The van der Waals surface area contributed by atoms with Crippen molar-refractivity contribution in [3.05, 3.63) is 53.6 Å². The van der Waals surface area contributed by atoms with Gasteiger partial charge in [-0.05, 0) is 44.0 Å². The number of aliphatic imine (C=N–C) groups is 1. The average molecular weight is 501 g/mol. The fourth-order valence-electron chi connectivity index (χ4n) is 3.26. The number of ether oxygens (including phenoxy) is 1. The van der Waals surface area contributed by atoms with Crippen LogP contribution in [0.15, 0.2) is 41.7 Å². The van der Waals surface area contributed by atoms with Crippen molar-refractivity contribution in [2.45, 2.75) is 39.5 Å². The van der Waals surface area contributed by atoms with E-state index < -0.39 is 0 Å². The fourth-order valence-corrected chi connectivity index (χ4v) is 3.26. The Balaban J connectivity index is 0.00000280. The maximum Gasteiger partial charge on any atom is 0.194 e. The monoisotopic (exact) mass is 501 g/mol. The van der Waals surface area contributed by atoms with E-state index in [9.17, 15) is 4.39 Å². The highest BCUT2D eigenvalue weighted by molar-refractivity contribution is 14.0. The number of halogens is 2. The second-order valence-electron chi connectivity index (χ2n) is 6.91. The molecule has 0 spiro atoms. The first kappa shape index (κ1) is 22.6. The predicted molar refractivity (Wildman–Crippen MR) is 120 cm³/mol. The van der Waals surface area contributed by atoms with Gasteiger partial charge in [0, 0.05) is 19.3 Å². The third kappa shape index (κ3) is 6.16. The average Bonchev–Trinajstić information content (AvgIpc) is 3.06. The van der Waals surface area contributed by atoms with Gasteiger partial charge in [0.15, 0.2) is 5.96 Å². The second-order valence-corrected chi connectivity index (χ2v) is 6.91. The Hall–Kier alpha value is -1.68. The van der Waals surface area contributed by atoms with Gasteiger partial charge in [0.25, 0.3) is 0 Å². The first-order valence-corrected chi connectivity index (χ1v) is 9.48. The standard InChI is InChI=1S/C20H28FN5O.HI/c1-4-22-20(23-9-10-26-12-15(2)11-24-26)25-13-16(3)27-19(14-25)17-5-7-18(21)8-6-17;/h5-8,11-12,16,19H,4,9-10,13-14H2,1-3H3,(H,22,23);1H. The number of guanidine groups is 1.